The molecule has 0 aliphatic carbocycles. The molecule has 0 aliphatic rings. The van der Waals surface area contributed by atoms with Crippen LogP contribution in [-0.4, -0.2) is 18.5 Å². The van der Waals surface area contributed by atoms with Crippen LogP contribution in [0.25, 0.3) is 93.3 Å². The lowest BCUT2D eigenvalue weighted by Crippen LogP contribution is -1.99. The quantitative estimate of drug-likeness (QED) is 0.167. The van der Waals surface area contributed by atoms with Gasteiger partial charge in [0.2, 0.25) is 0 Å². The molecule has 0 N–H and O–H groups in total. The summed E-state index contributed by atoms with van der Waals surface area (Å²) in [5, 5.41) is 8.42. The molecule has 0 amide bonds. The van der Waals surface area contributed by atoms with Crippen molar-refractivity contribution in [3.05, 3.63) is 156 Å². The van der Waals surface area contributed by atoms with Crippen LogP contribution in [0.5, 0.6) is 0 Å². The number of hydrogen-bond acceptors (Lipinski definition) is 1. The Labute approximate surface area is 282 Å². The van der Waals surface area contributed by atoms with Crippen LogP contribution in [0.2, 0.25) is 0 Å². The number of fused-ring (bicyclic) bond motifs is 17. The molecule has 11 aromatic rings. The maximum absolute atomic E-state index is 5.32. The Bertz CT molecular complexity index is 3110. The summed E-state index contributed by atoms with van der Waals surface area (Å²) < 4.78 is 8.41. The number of halogens is 1. The van der Waals surface area contributed by atoms with Crippen LogP contribution in [0.1, 0.15) is 0 Å². The zero-order chi connectivity index (χ0) is 31.5. The average molecular weight is 678 g/mol. The van der Waals surface area contributed by atoms with Gasteiger partial charge in [-0.25, -0.2) is 4.98 Å². The maximum atomic E-state index is 5.32. The first kappa shape index (κ1) is 26.2. The van der Waals surface area contributed by atoms with E-state index in [9.17, 15) is 0 Å². The predicted octanol–water partition coefficient (Wildman–Crippen LogP) is 11.8. The number of rotatable bonds is 2. The number of para-hydroxylation sites is 6. The summed E-state index contributed by atoms with van der Waals surface area (Å²) in [6.07, 6.45) is 0. The molecular weight excluding hydrogens is 652 g/mol. The molecule has 7 aromatic carbocycles. The van der Waals surface area contributed by atoms with Gasteiger partial charge in [-0.3, -0.25) is 4.40 Å². The molecule has 0 radical (unpaired) electrons. The van der Waals surface area contributed by atoms with E-state index in [1.807, 2.05) is 0 Å². The Kier molecular flexibility index (Phi) is 5.22. The summed E-state index contributed by atoms with van der Waals surface area (Å²) >= 11 is 3.81. The minimum Gasteiger partial charge on any atom is -0.308 e. The zero-order valence-corrected chi connectivity index (χ0v) is 27.2. The van der Waals surface area contributed by atoms with Gasteiger partial charge in [-0.1, -0.05) is 107 Å². The second kappa shape index (κ2) is 9.57. The SMILES string of the molecule is Brc1ccc2c(c1)c1nc3ccccc3n1c1c2c2c(c3ccccc3n2-c2ccccc2)c2c1c1ccccc1n2-c1ccccc1. The highest BCUT2D eigenvalue weighted by molar-refractivity contribution is 9.10. The highest BCUT2D eigenvalue weighted by atomic mass is 79.9. The number of nitrogens with zero attached hydrogens (tertiary/aromatic N) is 4. The van der Waals surface area contributed by atoms with Gasteiger partial charge >= 0.3 is 0 Å². The number of benzene rings is 7. The molecule has 0 aliphatic heterocycles. The van der Waals surface area contributed by atoms with Crippen LogP contribution in [0.4, 0.5) is 0 Å². The summed E-state index contributed by atoms with van der Waals surface area (Å²) in [7, 11) is 0. The van der Waals surface area contributed by atoms with Crippen molar-refractivity contribution in [2.45, 2.75) is 0 Å². The molecule has 11 rings (SSSR count). The lowest BCUT2D eigenvalue weighted by Gasteiger charge is -2.16. The summed E-state index contributed by atoms with van der Waals surface area (Å²) in [5.74, 6) is 0. The molecule has 4 aromatic heterocycles. The van der Waals surface area contributed by atoms with Crippen LogP contribution < -0.4 is 0 Å². The molecule has 0 saturated heterocycles. The molecule has 0 unspecified atom stereocenters. The van der Waals surface area contributed by atoms with E-state index < -0.39 is 0 Å². The van der Waals surface area contributed by atoms with Crippen molar-refractivity contribution in [1.82, 2.24) is 18.5 Å². The second-order valence-corrected chi connectivity index (χ2v) is 13.4. The molecule has 0 spiro atoms. The molecule has 224 valence electrons. The van der Waals surface area contributed by atoms with Crippen molar-refractivity contribution >= 4 is 97.9 Å². The van der Waals surface area contributed by atoms with E-state index in [0.29, 0.717) is 0 Å². The van der Waals surface area contributed by atoms with E-state index in [1.54, 1.807) is 0 Å². The minimum atomic E-state index is 0.958. The molecule has 4 heterocycles. The van der Waals surface area contributed by atoms with Crippen molar-refractivity contribution in [2.75, 3.05) is 0 Å². The summed E-state index contributed by atoms with van der Waals surface area (Å²) in [4.78, 5) is 5.32. The lowest BCUT2D eigenvalue weighted by atomic mass is 9.98. The Morgan fingerprint density at radius 2 is 0.917 bits per heavy atom. The Balaban J connectivity index is 1.60. The van der Waals surface area contributed by atoms with E-state index in [4.69, 9.17) is 4.98 Å². The molecule has 0 bridgehead atoms. The van der Waals surface area contributed by atoms with Crippen molar-refractivity contribution in [3.8, 4) is 11.4 Å². The average Bonchev–Trinajstić information content (AvgIpc) is 3.81. The summed E-state index contributed by atoms with van der Waals surface area (Å²) in [5.41, 5.74) is 11.2. The van der Waals surface area contributed by atoms with Crippen LogP contribution >= 0.6 is 15.9 Å². The fourth-order valence-electron chi connectivity index (χ4n) is 8.19. The smallest absolute Gasteiger partial charge is 0.146 e. The third kappa shape index (κ3) is 3.31. The largest absolute Gasteiger partial charge is 0.308 e. The highest BCUT2D eigenvalue weighted by Crippen LogP contribution is 2.49. The molecule has 4 nitrogen and oxygen atoms in total. The molecule has 0 atom stereocenters. The first-order chi connectivity index (χ1) is 23.8. The molecule has 0 saturated carbocycles. The van der Waals surface area contributed by atoms with Crippen LogP contribution in [-0.2, 0) is 0 Å². The Hall–Kier alpha value is -5.91. The van der Waals surface area contributed by atoms with Gasteiger partial charge in [-0.2, -0.15) is 0 Å². The molecule has 48 heavy (non-hydrogen) atoms. The van der Waals surface area contributed by atoms with Crippen molar-refractivity contribution < 1.29 is 0 Å². The van der Waals surface area contributed by atoms with Gasteiger partial charge in [0.25, 0.3) is 0 Å². The second-order valence-electron chi connectivity index (χ2n) is 12.5. The number of hydrogen-bond donors (Lipinski definition) is 0. The van der Waals surface area contributed by atoms with Gasteiger partial charge < -0.3 is 9.13 Å². The minimum absolute atomic E-state index is 0.958. The fraction of sp³-hybridized carbons (Fsp3) is 0. The summed E-state index contributed by atoms with van der Waals surface area (Å²) in [6.45, 7) is 0. The summed E-state index contributed by atoms with van der Waals surface area (Å²) in [6, 6.07) is 54.6. The predicted molar refractivity (Wildman–Crippen MR) is 204 cm³/mol. The first-order valence-electron chi connectivity index (χ1n) is 16.2. The van der Waals surface area contributed by atoms with E-state index >= 15 is 0 Å². The monoisotopic (exact) mass is 676 g/mol. The van der Waals surface area contributed by atoms with E-state index in [-0.39, 0.29) is 0 Å². The van der Waals surface area contributed by atoms with Crippen LogP contribution in [0.15, 0.2) is 156 Å². The van der Waals surface area contributed by atoms with Crippen molar-refractivity contribution in [3.63, 3.8) is 0 Å². The van der Waals surface area contributed by atoms with Gasteiger partial charge in [-0.15, -0.1) is 0 Å². The number of aromatic nitrogens is 4. The number of imidazole rings is 1. The third-order valence-corrected chi connectivity index (χ3v) is 10.5. The van der Waals surface area contributed by atoms with Gasteiger partial charge in [-0.05, 0) is 66.0 Å². The fourth-order valence-corrected chi connectivity index (χ4v) is 8.55. The highest BCUT2D eigenvalue weighted by Gasteiger charge is 2.28. The van der Waals surface area contributed by atoms with Crippen LogP contribution in [0, 0.1) is 0 Å². The van der Waals surface area contributed by atoms with Gasteiger partial charge in [0.1, 0.15) is 5.65 Å². The topological polar surface area (TPSA) is 27.2 Å². The Morgan fingerprint density at radius 1 is 0.417 bits per heavy atom. The van der Waals surface area contributed by atoms with E-state index in [0.717, 1.165) is 37.9 Å². The van der Waals surface area contributed by atoms with Crippen molar-refractivity contribution in [2.24, 2.45) is 0 Å². The first-order valence-corrected chi connectivity index (χ1v) is 17.0. The molecule has 5 heteroatoms. The zero-order valence-electron chi connectivity index (χ0n) is 25.6. The number of pyridine rings is 1. The van der Waals surface area contributed by atoms with E-state index in [2.05, 4.69) is 181 Å². The van der Waals surface area contributed by atoms with Gasteiger partial charge in [0, 0.05) is 48.2 Å². The molecular formula is C43H25BrN4. The Morgan fingerprint density at radius 3 is 1.54 bits per heavy atom. The molecule has 0 fully saturated rings. The normalized spacial score (nSPS) is 12.3. The third-order valence-electron chi connectivity index (χ3n) is 10.0. The standard InChI is InChI=1S/C43H25BrN4/c44-26-23-24-29-32(25-26)43-45-33-19-9-12-22-36(33)48(43)42-37(29)40-38(30-17-7-10-20-34(30)46(40)27-13-3-1-4-14-27)41-39(42)31-18-8-11-21-35(31)47(41)28-15-5-2-6-16-28/h1-25H. The maximum Gasteiger partial charge on any atom is 0.146 e. The van der Waals surface area contributed by atoms with Gasteiger partial charge in [0.05, 0.1) is 38.6 Å². The van der Waals surface area contributed by atoms with E-state index in [1.165, 1.54) is 59.9 Å². The lowest BCUT2D eigenvalue weighted by molar-refractivity contribution is 1.18. The van der Waals surface area contributed by atoms with Crippen LogP contribution in [0.3, 0.4) is 0 Å². The van der Waals surface area contributed by atoms with Gasteiger partial charge in [0.15, 0.2) is 0 Å². The van der Waals surface area contributed by atoms with Crippen molar-refractivity contribution in [1.29, 1.82) is 0 Å².